The Bertz CT molecular complexity index is 841. The smallest absolute Gasteiger partial charge is 0.150 e. The summed E-state index contributed by atoms with van der Waals surface area (Å²) < 4.78 is 6.19. The summed E-state index contributed by atoms with van der Waals surface area (Å²) in [5, 5.41) is 10.7. The van der Waals surface area contributed by atoms with E-state index in [1.54, 1.807) is 0 Å². The number of hydrogen-bond acceptors (Lipinski definition) is 6. The Morgan fingerprint density at radius 1 is 0.963 bits per heavy atom. The molecule has 4 rings (SSSR count). The van der Waals surface area contributed by atoms with Crippen molar-refractivity contribution in [3.05, 3.63) is 41.1 Å². The maximum atomic E-state index is 10.7. The molecule has 6 nitrogen and oxygen atoms in total. The fourth-order valence-corrected chi connectivity index (χ4v) is 4.48. The molecule has 0 amide bonds. The van der Waals surface area contributed by atoms with E-state index in [4.69, 9.17) is 9.72 Å². The number of aromatic nitrogens is 3. The van der Waals surface area contributed by atoms with Gasteiger partial charge in [0.05, 0.1) is 23.2 Å². The lowest BCUT2D eigenvalue weighted by Crippen LogP contribution is -2.42. The van der Waals surface area contributed by atoms with Gasteiger partial charge in [0.1, 0.15) is 17.7 Å². The second kappa shape index (κ2) is 7.08. The van der Waals surface area contributed by atoms with Crippen LogP contribution in [-0.4, -0.2) is 45.4 Å². The van der Waals surface area contributed by atoms with Crippen LogP contribution in [0.15, 0.2) is 18.3 Å². The standard InChI is InChI=1S/C21H28N4O2/c1-12-5-6-19(14(3)23-12)27-20-8-17-11-25(10-16(17)7-18(20)26)21-15(4)22-9-13(2)24-21/h5-6,9,16-18,20,26H,7-8,10-11H2,1-4H3/t16-,17+,18+,20+/m0/s1. The number of nitrogens with zero attached hydrogens (tertiary/aromatic N) is 4. The zero-order valence-electron chi connectivity index (χ0n) is 16.5. The van der Waals surface area contributed by atoms with Crippen molar-refractivity contribution in [3.8, 4) is 5.75 Å². The molecule has 3 heterocycles. The van der Waals surface area contributed by atoms with Gasteiger partial charge in [-0.2, -0.15) is 0 Å². The maximum Gasteiger partial charge on any atom is 0.150 e. The Morgan fingerprint density at radius 2 is 1.70 bits per heavy atom. The van der Waals surface area contributed by atoms with Gasteiger partial charge in [0, 0.05) is 25.0 Å². The van der Waals surface area contributed by atoms with Gasteiger partial charge in [-0.1, -0.05) is 0 Å². The highest BCUT2D eigenvalue weighted by Crippen LogP contribution is 2.39. The molecule has 6 heteroatoms. The molecule has 0 radical (unpaired) electrons. The lowest BCUT2D eigenvalue weighted by molar-refractivity contribution is -0.0236. The molecule has 2 aromatic heterocycles. The van der Waals surface area contributed by atoms with E-state index in [0.29, 0.717) is 11.8 Å². The summed E-state index contributed by atoms with van der Waals surface area (Å²) in [6.07, 6.45) is 2.81. The minimum absolute atomic E-state index is 0.181. The number of aliphatic hydroxyl groups excluding tert-OH is 1. The van der Waals surface area contributed by atoms with E-state index in [-0.39, 0.29) is 6.10 Å². The molecule has 1 aliphatic heterocycles. The molecule has 0 aromatic carbocycles. The third-order valence-corrected chi connectivity index (χ3v) is 5.89. The second-order valence-electron chi connectivity index (χ2n) is 8.08. The lowest BCUT2D eigenvalue weighted by atomic mass is 9.78. The summed E-state index contributed by atoms with van der Waals surface area (Å²) in [7, 11) is 0. The topological polar surface area (TPSA) is 71.4 Å². The van der Waals surface area contributed by atoms with Crippen molar-refractivity contribution in [1.82, 2.24) is 15.0 Å². The minimum atomic E-state index is -0.448. The highest BCUT2D eigenvalue weighted by molar-refractivity contribution is 5.45. The van der Waals surface area contributed by atoms with E-state index in [9.17, 15) is 5.11 Å². The van der Waals surface area contributed by atoms with Crippen LogP contribution in [0.4, 0.5) is 5.82 Å². The molecule has 2 fully saturated rings. The molecule has 2 aliphatic rings. The Labute approximate surface area is 160 Å². The van der Waals surface area contributed by atoms with Crippen molar-refractivity contribution in [2.45, 2.75) is 52.7 Å². The summed E-state index contributed by atoms with van der Waals surface area (Å²) in [4.78, 5) is 16.0. The van der Waals surface area contributed by atoms with Crippen LogP contribution >= 0.6 is 0 Å². The molecular weight excluding hydrogens is 340 g/mol. The Hall–Kier alpha value is -2.21. The van der Waals surface area contributed by atoms with Gasteiger partial charge in [-0.05, 0) is 64.5 Å². The largest absolute Gasteiger partial charge is 0.486 e. The van der Waals surface area contributed by atoms with Crippen molar-refractivity contribution >= 4 is 5.82 Å². The van der Waals surface area contributed by atoms with Gasteiger partial charge < -0.3 is 14.7 Å². The molecule has 4 atom stereocenters. The number of rotatable bonds is 3. The number of fused-ring (bicyclic) bond motifs is 1. The van der Waals surface area contributed by atoms with Crippen molar-refractivity contribution in [3.63, 3.8) is 0 Å². The van der Waals surface area contributed by atoms with Gasteiger partial charge in [-0.15, -0.1) is 0 Å². The summed E-state index contributed by atoms with van der Waals surface area (Å²) in [6, 6.07) is 3.92. The molecule has 1 aliphatic carbocycles. The molecule has 1 saturated carbocycles. The van der Waals surface area contributed by atoms with Gasteiger partial charge in [0.25, 0.3) is 0 Å². The fourth-order valence-electron chi connectivity index (χ4n) is 4.48. The van der Waals surface area contributed by atoms with Crippen molar-refractivity contribution < 1.29 is 9.84 Å². The van der Waals surface area contributed by atoms with Crippen LogP contribution in [-0.2, 0) is 0 Å². The van der Waals surface area contributed by atoms with Gasteiger partial charge in [-0.25, -0.2) is 4.98 Å². The summed E-state index contributed by atoms with van der Waals surface area (Å²) in [5.41, 5.74) is 3.76. The first-order valence-electron chi connectivity index (χ1n) is 9.75. The van der Waals surface area contributed by atoms with Crippen molar-refractivity contribution in [1.29, 1.82) is 0 Å². The van der Waals surface area contributed by atoms with E-state index in [1.165, 1.54) is 0 Å². The first kappa shape index (κ1) is 18.2. The third-order valence-electron chi connectivity index (χ3n) is 5.89. The van der Waals surface area contributed by atoms with Gasteiger partial charge in [-0.3, -0.25) is 9.97 Å². The minimum Gasteiger partial charge on any atom is -0.486 e. The van der Waals surface area contributed by atoms with E-state index in [1.807, 2.05) is 46.0 Å². The Kier molecular flexibility index (Phi) is 4.76. The maximum absolute atomic E-state index is 10.7. The van der Waals surface area contributed by atoms with Crippen LogP contribution in [0.25, 0.3) is 0 Å². The zero-order chi connectivity index (χ0) is 19.1. The second-order valence-corrected chi connectivity index (χ2v) is 8.08. The number of hydrogen-bond donors (Lipinski definition) is 1. The first-order valence-corrected chi connectivity index (χ1v) is 9.75. The normalized spacial score (nSPS) is 27.5. The van der Waals surface area contributed by atoms with Gasteiger partial charge >= 0.3 is 0 Å². The van der Waals surface area contributed by atoms with E-state index < -0.39 is 6.10 Å². The average molecular weight is 368 g/mol. The van der Waals surface area contributed by atoms with Crippen LogP contribution in [0.1, 0.15) is 35.6 Å². The highest BCUT2D eigenvalue weighted by Gasteiger charge is 2.43. The van der Waals surface area contributed by atoms with Crippen LogP contribution in [0, 0.1) is 39.5 Å². The lowest BCUT2D eigenvalue weighted by Gasteiger charge is -2.35. The molecule has 1 N–H and O–H groups in total. The first-order chi connectivity index (χ1) is 12.9. The van der Waals surface area contributed by atoms with E-state index in [2.05, 4.69) is 14.9 Å². The highest BCUT2D eigenvalue weighted by atomic mass is 16.5. The number of pyridine rings is 1. The monoisotopic (exact) mass is 368 g/mol. The van der Waals surface area contributed by atoms with E-state index in [0.717, 1.165) is 60.3 Å². The zero-order valence-corrected chi connectivity index (χ0v) is 16.5. The molecule has 0 spiro atoms. The van der Waals surface area contributed by atoms with Gasteiger partial charge in [0.2, 0.25) is 0 Å². The number of aryl methyl sites for hydroxylation is 4. The number of anilines is 1. The molecule has 27 heavy (non-hydrogen) atoms. The predicted octanol–water partition coefficient (Wildman–Crippen LogP) is 2.76. The van der Waals surface area contributed by atoms with Crippen LogP contribution in [0.2, 0.25) is 0 Å². The number of aliphatic hydroxyl groups is 1. The van der Waals surface area contributed by atoms with Crippen molar-refractivity contribution in [2.75, 3.05) is 18.0 Å². The average Bonchev–Trinajstić information content (AvgIpc) is 3.02. The Morgan fingerprint density at radius 3 is 2.44 bits per heavy atom. The summed E-state index contributed by atoms with van der Waals surface area (Å²) >= 11 is 0. The summed E-state index contributed by atoms with van der Waals surface area (Å²) in [6.45, 7) is 9.79. The molecule has 0 bridgehead atoms. The SMILES string of the molecule is Cc1ccc(O[C@@H]2C[C@@H]3CN(c4nc(C)cnc4C)C[C@@H]3C[C@H]2O)c(C)n1. The van der Waals surface area contributed by atoms with E-state index >= 15 is 0 Å². The fraction of sp³-hybridized carbons (Fsp3) is 0.571. The van der Waals surface area contributed by atoms with Crippen LogP contribution in [0.5, 0.6) is 5.75 Å². The summed E-state index contributed by atoms with van der Waals surface area (Å²) in [5.74, 6) is 2.73. The molecule has 144 valence electrons. The molecule has 1 saturated heterocycles. The van der Waals surface area contributed by atoms with Crippen LogP contribution in [0.3, 0.4) is 0 Å². The number of ether oxygens (including phenoxy) is 1. The molecular formula is C21H28N4O2. The van der Waals surface area contributed by atoms with Crippen molar-refractivity contribution in [2.24, 2.45) is 11.8 Å². The molecule has 0 unspecified atom stereocenters. The van der Waals surface area contributed by atoms with Gasteiger partial charge in [0.15, 0.2) is 0 Å². The Balaban J connectivity index is 1.48. The third kappa shape index (κ3) is 3.63. The van der Waals surface area contributed by atoms with Crippen LogP contribution < -0.4 is 9.64 Å². The molecule has 2 aromatic rings. The predicted molar refractivity (Wildman–Crippen MR) is 104 cm³/mol. The quantitative estimate of drug-likeness (QED) is 0.898.